The van der Waals surface area contributed by atoms with E-state index in [-0.39, 0.29) is 23.7 Å². The third-order valence-electron chi connectivity index (χ3n) is 4.23. The Morgan fingerprint density at radius 3 is 2.95 bits per heavy atom. The van der Waals surface area contributed by atoms with Gasteiger partial charge in [0.25, 0.3) is 0 Å². The topological polar surface area (TPSA) is 38.3 Å². The molecule has 0 saturated carbocycles. The Morgan fingerprint density at radius 2 is 2.25 bits per heavy atom. The maximum Gasteiger partial charge on any atom is 0.224 e. The van der Waals surface area contributed by atoms with Crippen LogP contribution in [0.1, 0.15) is 36.3 Å². The highest BCUT2D eigenvalue weighted by atomic mass is 35.5. The summed E-state index contributed by atoms with van der Waals surface area (Å²) in [7, 11) is 0. The van der Waals surface area contributed by atoms with Crippen molar-refractivity contribution < 1.29 is 13.9 Å². The second-order valence-corrected chi connectivity index (χ2v) is 5.98. The highest BCUT2D eigenvalue weighted by Gasteiger charge is 2.33. The van der Waals surface area contributed by atoms with Gasteiger partial charge in [0.15, 0.2) is 0 Å². The molecule has 1 aromatic carbocycles. The minimum absolute atomic E-state index is 0.0487. The highest BCUT2D eigenvalue weighted by Crippen LogP contribution is 2.40. The maximum atomic E-state index is 14.3. The minimum Gasteiger partial charge on any atom is -0.378 e. The molecule has 0 aliphatic carbocycles. The Morgan fingerprint density at radius 1 is 1.45 bits per heavy atom. The normalized spacial score (nSPS) is 27.1. The molecule has 1 fully saturated rings. The zero-order chi connectivity index (χ0) is 14.3. The number of aryl methyl sites for hydroxylation is 1. The third kappa shape index (κ3) is 2.42. The van der Waals surface area contributed by atoms with E-state index in [1.807, 2.05) is 6.92 Å². The maximum absolute atomic E-state index is 14.3. The number of halogens is 2. The average molecular weight is 298 g/mol. The van der Waals surface area contributed by atoms with Gasteiger partial charge in [0, 0.05) is 30.2 Å². The molecule has 0 radical (unpaired) electrons. The summed E-state index contributed by atoms with van der Waals surface area (Å²) in [6.07, 6.45) is 1.97. The summed E-state index contributed by atoms with van der Waals surface area (Å²) in [5.74, 6) is -0.294. The van der Waals surface area contributed by atoms with Crippen LogP contribution in [0.2, 0.25) is 0 Å². The lowest BCUT2D eigenvalue weighted by Gasteiger charge is -2.24. The number of fused-ring (bicyclic) bond motifs is 1. The van der Waals surface area contributed by atoms with Crippen LogP contribution in [0.4, 0.5) is 10.1 Å². The first-order valence-corrected chi connectivity index (χ1v) is 7.37. The van der Waals surface area contributed by atoms with Crippen LogP contribution in [-0.4, -0.2) is 18.6 Å². The molecule has 1 aromatic rings. The molecule has 3 rings (SSSR count). The molecule has 0 aromatic heterocycles. The van der Waals surface area contributed by atoms with Gasteiger partial charge in [0.05, 0.1) is 11.5 Å². The molecule has 1 N–H and O–H groups in total. The molecule has 1 amide bonds. The van der Waals surface area contributed by atoms with E-state index in [4.69, 9.17) is 16.3 Å². The molecular formula is C15H17ClFNO2. The summed E-state index contributed by atoms with van der Waals surface area (Å²) in [5.41, 5.74) is 2.05. The Balaban J connectivity index is 1.92. The van der Waals surface area contributed by atoms with E-state index in [0.717, 1.165) is 12.0 Å². The largest absolute Gasteiger partial charge is 0.378 e. The Hall–Kier alpha value is -1.13. The lowest BCUT2D eigenvalue weighted by molar-refractivity contribution is -0.116. The van der Waals surface area contributed by atoms with E-state index < -0.39 is 5.38 Å². The van der Waals surface area contributed by atoms with Gasteiger partial charge in [-0.3, -0.25) is 4.79 Å². The SMILES string of the molecule is CC1OCCC1C(Cl)c1cc2c(cc1F)NC(=O)CC2. The fourth-order valence-corrected chi connectivity index (χ4v) is 3.49. The van der Waals surface area contributed by atoms with Gasteiger partial charge in [-0.25, -0.2) is 4.39 Å². The van der Waals surface area contributed by atoms with E-state index >= 15 is 0 Å². The third-order valence-corrected chi connectivity index (χ3v) is 4.78. The monoisotopic (exact) mass is 297 g/mol. The first kappa shape index (κ1) is 13.8. The number of hydrogen-bond acceptors (Lipinski definition) is 2. The highest BCUT2D eigenvalue weighted by molar-refractivity contribution is 6.21. The van der Waals surface area contributed by atoms with Crippen LogP contribution in [0.25, 0.3) is 0 Å². The van der Waals surface area contributed by atoms with E-state index in [1.165, 1.54) is 6.07 Å². The van der Waals surface area contributed by atoms with Gasteiger partial charge in [-0.1, -0.05) is 0 Å². The number of rotatable bonds is 2. The van der Waals surface area contributed by atoms with Crippen LogP contribution in [0.5, 0.6) is 0 Å². The molecule has 3 unspecified atom stereocenters. The molecule has 2 aliphatic rings. The van der Waals surface area contributed by atoms with Crippen molar-refractivity contribution in [2.24, 2.45) is 5.92 Å². The van der Waals surface area contributed by atoms with Gasteiger partial charge in [-0.05, 0) is 37.5 Å². The Bertz CT molecular complexity index is 549. The average Bonchev–Trinajstić information content (AvgIpc) is 2.83. The Labute approximate surface area is 122 Å². The van der Waals surface area contributed by atoms with Gasteiger partial charge in [0.2, 0.25) is 5.91 Å². The predicted octanol–water partition coefficient (Wildman–Crippen LogP) is 3.42. The second kappa shape index (κ2) is 5.34. The molecule has 2 heterocycles. The van der Waals surface area contributed by atoms with Crippen LogP contribution in [0.15, 0.2) is 12.1 Å². The number of alkyl halides is 1. The van der Waals surface area contributed by atoms with Crippen molar-refractivity contribution in [2.45, 2.75) is 37.7 Å². The zero-order valence-corrected chi connectivity index (χ0v) is 12.0. The molecule has 3 atom stereocenters. The van der Waals surface area contributed by atoms with E-state index in [1.54, 1.807) is 6.07 Å². The van der Waals surface area contributed by atoms with E-state index in [2.05, 4.69) is 5.32 Å². The molecule has 0 spiro atoms. The molecule has 5 heteroatoms. The van der Waals surface area contributed by atoms with Crippen molar-refractivity contribution in [2.75, 3.05) is 11.9 Å². The van der Waals surface area contributed by atoms with Crippen LogP contribution in [0, 0.1) is 11.7 Å². The van der Waals surface area contributed by atoms with Gasteiger partial charge < -0.3 is 10.1 Å². The second-order valence-electron chi connectivity index (χ2n) is 5.51. The van der Waals surface area contributed by atoms with E-state index in [0.29, 0.717) is 30.7 Å². The summed E-state index contributed by atoms with van der Waals surface area (Å²) in [4.78, 5) is 11.3. The standard InChI is InChI=1S/C15H17ClFNO2/c1-8-10(4-5-20-8)15(16)11-6-9-2-3-14(19)18-13(9)7-12(11)17/h6-8,10,15H,2-5H2,1H3,(H,18,19). The predicted molar refractivity (Wildman–Crippen MR) is 75.5 cm³/mol. The summed E-state index contributed by atoms with van der Waals surface area (Å²) in [5, 5.41) is 2.31. The lowest BCUT2D eigenvalue weighted by Crippen LogP contribution is -2.21. The summed E-state index contributed by atoms with van der Waals surface area (Å²) in [6.45, 7) is 2.65. The number of ether oxygens (including phenoxy) is 1. The van der Waals surface area contributed by atoms with Crippen LogP contribution in [0.3, 0.4) is 0 Å². The van der Waals surface area contributed by atoms with Crippen LogP contribution in [-0.2, 0) is 16.0 Å². The molecule has 2 aliphatic heterocycles. The van der Waals surface area contributed by atoms with Crippen molar-refractivity contribution in [3.05, 3.63) is 29.1 Å². The van der Waals surface area contributed by atoms with Crippen LogP contribution < -0.4 is 5.32 Å². The van der Waals surface area contributed by atoms with Crippen molar-refractivity contribution >= 4 is 23.2 Å². The smallest absolute Gasteiger partial charge is 0.224 e. The number of carbonyl (C=O) groups is 1. The molecule has 3 nitrogen and oxygen atoms in total. The fourth-order valence-electron chi connectivity index (χ4n) is 3.00. The fraction of sp³-hybridized carbons (Fsp3) is 0.533. The van der Waals surface area contributed by atoms with E-state index in [9.17, 15) is 9.18 Å². The summed E-state index contributed by atoms with van der Waals surface area (Å²) >= 11 is 6.48. The van der Waals surface area contributed by atoms with Gasteiger partial charge in [-0.2, -0.15) is 0 Å². The number of anilines is 1. The number of benzene rings is 1. The first-order valence-electron chi connectivity index (χ1n) is 6.94. The minimum atomic E-state index is -0.393. The van der Waals surface area contributed by atoms with Crippen molar-refractivity contribution in [3.8, 4) is 0 Å². The lowest BCUT2D eigenvalue weighted by atomic mass is 9.90. The number of hydrogen-bond donors (Lipinski definition) is 1. The van der Waals surface area contributed by atoms with Crippen molar-refractivity contribution in [1.29, 1.82) is 0 Å². The van der Waals surface area contributed by atoms with Gasteiger partial charge in [-0.15, -0.1) is 11.6 Å². The number of nitrogens with one attached hydrogen (secondary N) is 1. The zero-order valence-electron chi connectivity index (χ0n) is 11.3. The van der Waals surface area contributed by atoms with Crippen LogP contribution >= 0.6 is 11.6 Å². The Kier molecular flexibility index (Phi) is 3.69. The molecular weight excluding hydrogens is 281 g/mol. The summed E-state index contributed by atoms with van der Waals surface area (Å²) < 4.78 is 19.8. The molecule has 1 saturated heterocycles. The first-order chi connectivity index (χ1) is 9.56. The van der Waals surface area contributed by atoms with Gasteiger partial charge >= 0.3 is 0 Å². The van der Waals surface area contributed by atoms with Crippen molar-refractivity contribution in [1.82, 2.24) is 0 Å². The number of amides is 1. The molecule has 108 valence electrons. The molecule has 0 bridgehead atoms. The summed E-state index contributed by atoms with van der Waals surface area (Å²) in [6, 6.07) is 3.18. The van der Waals surface area contributed by atoms with Crippen molar-refractivity contribution in [3.63, 3.8) is 0 Å². The van der Waals surface area contributed by atoms with Gasteiger partial charge in [0.1, 0.15) is 5.82 Å². The quantitative estimate of drug-likeness (QED) is 0.850. The molecule has 20 heavy (non-hydrogen) atoms. The number of carbonyl (C=O) groups excluding carboxylic acids is 1.